The van der Waals surface area contributed by atoms with Crippen molar-refractivity contribution in [1.82, 2.24) is 15.5 Å². The molecule has 0 saturated carbocycles. The van der Waals surface area contributed by atoms with E-state index in [4.69, 9.17) is 0 Å². The lowest BCUT2D eigenvalue weighted by Crippen LogP contribution is -2.46. The fourth-order valence-corrected chi connectivity index (χ4v) is 2.36. The minimum Gasteiger partial charge on any atom is -0.355 e. The fraction of sp³-hybridized carbons (Fsp3) is 0.857. The monoisotopic (exact) mass is 305 g/mol. The Balaban J connectivity index is 0.00000361. The summed E-state index contributed by atoms with van der Waals surface area (Å²) in [5.41, 5.74) is 0. The Morgan fingerprint density at radius 2 is 1.85 bits per heavy atom. The number of hydrogen-bond donors (Lipinski definition) is 2. The lowest BCUT2D eigenvalue weighted by Gasteiger charge is -2.29. The molecule has 1 saturated heterocycles. The molecule has 0 aromatic carbocycles. The van der Waals surface area contributed by atoms with Crippen molar-refractivity contribution < 1.29 is 9.59 Å². The molecule has 2 amide bonds. The third-order valence-electron chi connectivity index (χ3n) is 3.40. The molecule has 118 valence electrons. The summed E-state index contributed by atoms with van der Waals surface area (Å²) in [6, 6.07) is 0. The number of hydrogen-bond acceptors (Lipinski definition) is 3. The molecule has 0 radical (unpaired) electrons. The molecular formula is C14H28ClN3O2. The van der Waals surface area contributed by atoms with Crippen molar-refractivity contribution in [2.75, 3.05) is 32.7 Å². The van der Waals surface area contributed by atoms with Crippen molar-refractivity contribution in [3.8, 4) is 0 Å². The normalized spacial score (nSPS) is 15.3. The highest BCUT2D eigenvalue weighted by Crippen LogP contribution is 2.15. The van der Waals surface area contributed by atoms with Crippen molar-refractivity contribution >= 4 is 24.2 Å². The van der Waals surface area contributed by atoms with Crippen molar-refractivity contribution in [3.05, 3.63) is 0 Å². The highest BCUT2D eigenvalue weighted by Gasteiger charge is 2.26. The SMILES string of the molecule is CCCNC(=O)CN(CCC)C(=O)C1CCNCC1.Cl. The maximum absolute atomic E-state index is 12.4. The summed E-state index contributed by atoms with van der Waals surface area (Å²) in [5.74, 6) is 0.194. The van der Waals surface area contributed by atoms with Gasteiger partial charge < -0.3 is 15.5 Å². The van der Waals surface area contributed by atoms with Gasteiger partial charge in [0.05, 0.1) is 6.54 Å². The van der Waals surface area contributed by atoms with Gasteiger partial charge in [-0.15, -0.1) is 12.4 Å². The van der Waals surface area contributed by atoms with Gasteiger partial charge >= 0.3 is 0 Å². The molecule has 1 fully saturated rings. The molecule has 1 aliphatic heterocycles. The first kappa shape index (κ1) is 19.2. The second-order valence-corrected chi connectivity index (χ2v) is 5.13. The molecule has 0 aromatic rings. The quantitative estimate of drug-likeness (QED) is 0.742. The zero-order chi connectivity index (χ0) is 14.1. The third kappa shape index (κ3) is 6.57. The van der Waals surface area contributed by atoms with Gasteiger partial charge in [0.2, 0.25) is 11.8 Å². The topological polar surface area (TPSA) is 61.4 Å². The second kappa shape index (κ2) is 10.9. The van der Waals surface area contributed by atoms with Crippen LogP contribution in [0.2, 0.25) is 0 Å². The largest absolute Gasteiger partial charge is 0.355 e. The standard InChI is InChI=1S/C14H27N3O2.ClH/c1-3-7-16-13(18)11-17(10-4-2)14(19)12-5-8-15-9-6-12;/h12,15H,3-11H2,1-2H3,(H,16,18);1H. The van der Waals surface area contributed by atoms with Crippen molar-refractivity contribution in [3.63, 3.8) is 0 Å². The maximum atomic E-state index is 12.4. The van der Waals surface area contributed by atoms with Gasteiger partial charge in [0, 0.05) is 19.0 Å². The van der Waals surface area contributed by atoms with E-state index >= 15 is 0 Å². The van der Waals surface area contributed by atoms with E-state index in [2.05, 4.69) is 10.6 Å². The van der Waals surface area contributed by atoms with Crippen LogP contribution < -0.4 is 10.6 Å². The molecule has 5 nitrogen and oxygen atoms in total. The Hall–Kier alpha value is -0.810. The first-order valence-electron chi connectivity index (χ1n) is 7.45. The number of carbonyl (C=O) groups is 2. The van der Waals surface area contributed by atoms with Crippen LogP contribution in [0.1, 0.15) is 39.5 Å². The molecule has 0 unspecified atom stereocenters. The Morgan fingerprint density at radius 3 is 2.40 bits per heavy atom. The molecule has 0 spiro atoms. The molecule has 6 heteroatoms. The van der Waals surface area contributed by atoms with Crippen LogP contribution in [0.5, 0.6) is 0 Å². The summed E-state index contributed by atoms with van der Waals surface area (Å²) < 4.78 is 0. The number of amides is 2. The Morgan fingerprint density at radius 1 is 1.20 bits per heavy atom. The molecule has 2 N–H and O–H groups in total. The van der Waals surface area contributed by atoms with Crippen molar-refractivity contribution in [2.24, 2.45) is 5.92 Å². The number of piperidine rings is 1. The summed E-state index contributed by atoms with van der Waals surface area (Å²) in [7, 11) is 0. The van der Waals surface area contributed by atoms with E-state index in [1.807, 2.05) is 13.8 Å². The van der Waals surface area contributed by atoms with Crippen LogP contribution in [0.25, 0.3) is 0 Å². The van der Waals surface area contributed by atoms with Crippen LogP contribution >= 0.6 is 12.4 Å². The van der Waals surface area contributed by atoms with Crippen LogP contribution in [0.15, 0.2) is 0 Å². The third-order valence-corrected chi connectivity index (χ3v) is 3.40. The molecular weight excluding hydrogens is 278 g/mol. The minimum absolute atomic E-state index is 0. The van der Waals surface area contributed by atoms with Gasteiger partial charge in [0.1, 0.15) is 0 Å². The van der Waals surface area contributed by atoms with E-state index in [1.54, 1.807) is 4.90 Å². The Bertz CT molecular complexity index is 294. The fourth-order valence-electron chi connectivity index (χ4n) is 2.36. The van der Waals surface area contributed by atoms with Crippen LogP contribution in [-0.4, -0.2) is 49.4 Å². The van der Waals surface area contributed by atoms with E-state index in [9.17, 15) is 9.59 Å². The van der Waals surface area contributed by atoms with Crippen LogP contribution in [-0.2, 0) is 9.59 Å². The minimum atomic E-state index is -0.0439. The number of rotatable bonds is 7. The zero-order valence-electron chi connectivity index (χ0n) is 12.6. The summed E-state index contributed by atoms with van der Waals surface area (Å²) in [5, 5.41) is 6.09. The zero-order valence-corrected chi connectivity index (χ0v) is 13.4. The molecule has 0 atom stereocenters. The Labute approximate surface area is 128 Å². The van der Waals surface area contributed by atoms with E-state index < -0.39 is 0 Å². The Kier molecular flexibility index (Phi) is 10.5. The molecule has 1 rings (SSSR count). The van der Waals surface area contributed by atoms with Gasteiger partial charge in [-0.2, -0.15) is 0 Å². The predicted molar refractivity (Wildman–Crippen MR) is 83.0 cm³/mol. The average molecular weight is 306 g/mol. The van der Waals surface area contributed by atoms with Crippen LogP contribution in [0.4, 0.5) is 0 Å². The first-order valence-corrected chi connectivity index (χ1v) is 7.45. The van der Waals surface area contributed by atoms with E-state index in [-0.39, 0.29) is 36.7 Å². The molecule has 1 heterocycles. The van der Waals surface area contributed by atoms with Gasteiger partial charge in [0.15, 0.2) is 0 Å². The highest BCUT2D eigenvalue weighted by atomic mass is 35.5. The van der Waals surface area contributed by atoms with Gasteiger partial charge in [0.25, 0.3) is 0 Å². The number of nitrogens with zero attached hydrogens (tertiary/aromatic N) is 1. The van der Waals surface area contributed by atoms with E-state index in [1.165, 1.54) is 0 Å². The van der Waals surface area contributed by atoms with Gasteiger partial charge in [-0.3, -0.25) is 9.59 Å². The number of carbonyl (C=O) groups excluding carboxylic acids is 2. The lowest BCUT2D eigenvalue weighted by molar-refractivity contribution is -0.140. The van der Waals surface area contributed by atoms with E-state index in [0.717, 1.165) is 38.8 Å². The van der Waals surface area contributed by atoms with Gasteiger partial charge in [-0.25, -0.2) is 0 Å². The number of nitrogens with one attached hydrogen (secondary N) is 2. The van der Waals surface area contributed by atoms with Crippen molar-refractivity contribution in [2.45, 2.75) is 39.5 Å². The average Bonchev–Trinajstić information content (AvgIpc) is 2.45. The number of halogens is 1. The lowest BCUT2D eigenvalue weighted by atomic mass is 9.96. The summed E-state index contributed by atoms with van der Waals surface area (Å²) in [6.45, 7) is 7.41. The van der Waals surface area contributed by atoms with Crippen LogP contribution in [0.3, 0.4) is 0 Å². The second-order valence-electron chi connectivity index (χ2n) is 5.13. The predicted octanol–water partition coefficient (Wildman–Crippen LogP) is 1.17. The molecule has 20 heavy (non-hydrogen) atoms. The molecule has 0 aliphatic carbocycles. The van der Waals surface area contributed by atoms with Crippen LogP contribution in [0, 0.1) is 5.92 Å². The van der Waals surface area contributed by atoms with E-state index in [0.29, 0.717) is 13.1 Å². The molecule has 1 aliphatic rings. The summed E-state index contributed by atoms with van der Waals surface area (Å²) >= 11 is 0. The highest BCUT2D eigenvalue weighted by molar-refractivity contribution is 5.86. The molecule has 0 bridgehead atoms. The van der Waals surface area contributed by atoms with Gasteiger partial charge in [-0.1, -0.05) is 13.8 Å². The van der Waals surface area contributed by atoms with Crippen molar-refractivity contribution in [1.29, 1.82) is 0 Å². The first-order chi connectivity index (χ1) is 9.19. The maximum Gasteiger partial charge on any atom is 0.239 e. The van der Waals surface area contributed by atoms with Gasteiger partial charge in [-0.05, 0) is 38.8 Å². The molecule has 0 aromatic heterocycles. The summed E-state index contributed by atoms with van der Waals surface area (Å²) in [6.07, 6.45) is 3.57. The summed E-state index contributed by atoms with van der Waals surface area (Å²) in [4.78, 5) is 25.9. The smallest absolute Gasteiger partial charge is 0.239 e.